The molecule has 2 aliphatic heterocycles. The first-order chi connectivity index (χ1) is 13.5. The average Bonchev–Trinajstić information content (AvgIpc) is 3.17. The van der Waals surface area contributed by atoms with Crippen molar-refractivity contribution in [2.24, 2.45) is 5.10 Å². The van der Waals surface area contributed by atoms with Crippen LogP contribution in [0.4, 0.5) is 0 Å². The lowest BCUT2D eigenvalue weighted by atomic mass is 9.92. The number of hydrogen-bond donors (Lipinski definition) is 0. The van der Waals surface area contributed by atoms with E-state index < -0.39 is 5.72 Å². The van der Waals surface area contributed by atoms with E-state index in [1.54, 1.807) is 0 Å². The molecule has 3 aromatic carbocycles. The number of benzene rings is 3. The summed E-state index contributed by atoms with van der Waals surface area (Å²) in [5.41, 5.74) is 3.67. The summed E-state index contributed by atoms with van der Waals surface area (Å²) in [6.07, 6.45) is 0.833. The second-order valence-electron chi connectivity index (χ2n) is 7.25. The van der Waals surface area contributed by atoms with E-state index >= 15 is 0 Å². The zero-order valence-electron chi connectivity index (χ0n) is 15.3. The number of hydrogen-bond acceptors (Lipinski definition) is 3. The minimum Gasteiger partial charge on any atom is -0.462 e. The van der Waals surface area contributed by atoms with Crippen LogP contribution in [-0.4, -0.2) is 10.7 Å². The van der Waals surface area contributed by atoms with Crippen molar-refractivity contribution < 1.29 is 4.74 Å². The maximum absolute atomic E-state index is 6.55. The molecule has 0 bridgehead atoms. The van der Waals surface area contributed by atoms with Gasteiger partial charge >= 0.3 is 0 Å². The third kappa shape index (κ3) is 2.83. The first-order valence-electron chi connectivity index (χ1n) is 9.21. The van der Waals surface area contributed by atoms with Gasteiger partial charge in [-0.25, -0.2) is 5.01 Å². The van der Waals surface area contributed by atoms with Gasteiger partial charge in [-0.1, -0.05) is 70.0 Å². The molecule has 3 aromatic rings. The lowest BCUT2D eigenvalue weighted by molar-refractivity contribution is -0.112. The monoisotopic (exact) mass is 452 g/mol. The Kier molecular flexibility index (Phi) is 4.22. The normalized spacial score (nSPS) is 22.9. The fraction of sp³-hybridized carbons (Fsp3) is 0.174. The molecule has 0 radical (unpaired) electrons. The molecule has 0 fully saturated rings. The summed E-state index contributed by atoms with van der Waals surface area (Å²) in [4.78, 5) is 0. The molecule has 2 heterocycles. The molecule has 0 unspecified atom stereocenters. The first-order valence-corrected chi connectivity index (χ1v) is 10.4. The van der Waals surface area contributed by atoms with E-state index in [9.17, 15) is 0 Å². The molecule has 0 spiro atoms. The van der Waals surface area contributed by atoms with Gasteiger partial charge in [0.05, 0.1) is 11.8 Å². The van der Waals surface area contributed by atoms with Crippen molar-refractivity contribution in [1.29, 1.82) is 0 Å². The Hall–Kier alpha value is -2.30. The smallest absolute Gasteiger partial charge is 0.221 e. The molecule has 0 aliphatic carbocycles. The SMILES string of the molecule is C[C@]1(c2ccc(Cl)cc2)Oc2ccc(Br)cc2[C@H]2CC(c3ccccc3)=NN21. The van der Waals surface area contributed by atoms with E-state index in [2.05, 4.69) is 58.2 Å². The van der Waals surface area contributed by atoms with Crippen molar-refractivity contribution in [3.05, 3.63) is 99.0 Å². The fourth-order valence-corrected chi connectivity index (χ4v) is 4.54. The number of hydrazone groups is 1. The molecule has 0 amide bonds. The van der Waals surface area contributed by atoms with Gasteiger partial charge in [-0.05, 0) is 35.9 Å². The third-order valence-electron chi connectivity index (χ3n) is 5.47. The van der Waals surface area contributed by atoms with Crippen LogP contribution in [0.5, 0.6) is 5.75 Å². The highest BCUT2D eigenvalue weighted by atomic mass is 79.9. The quantitative estimate of drug-likeness (QED) is 0.441. The van der Waals surface area contributed by atoms with E-state index in [0.717, 1.165) is 39.0 Å². The van der Waals surface area contributed by atoms with Crippen LogP contribution in [0.2, 0.25) is 5.02 Å². The third-order valence-corrected chi connectivity index (χ3v) is 6.22. The van der Waals surface area contributed by atoms with Gasteiger partial charge in [0.25, 0.3) is 0 Å². The van der Waals surface area contributed by atoms with Crippen molar-refractivity contribution in [2.75, 3.05) is 0 Å². The summed E-state index contributed by atoms with van der Waals surface area (Å²) in [6.45, 7) is 2.08. The van der Waals surface area contributed by atoms with Crippen LogP contribution in [-0.2, 0) is 5.72 Å². The van der Waals surface area contributed by atoms with Crippen LogP contribution < -0.4 is 4.74 Å². The molecular formula is C23H18BrClN2O. The highest BCUT2D eigenvalue weighted by Crippen LogP contribution is 2.50. The number of halogens is 2. The minimum atomic E-state index is -0.716. The minimum absolute atomic E-state index is 0.108. The van der Waals surface area contributed by atoms with Crippen molar-refractivity contribution in [3.8, 4) is 5.75 Å². The summed E-state index contributed by atoms with van der Waals surface area (Å²) >= 11 is 9.72. The van der Waals surface area contributed by atoms with Gasteiger partial charge in [-0.2, -0.15) is 5.10 Å². The molecule has 5 heteroatoms. The molecule has 3 nitrogen and oxygen atoms in total. The van der Waals surface area contributed by atoms with Crippen molar-refractivity contribution in [1.82, 2.24) is 5.01 Å². The zero-order chi connectivity index (χ0) is 19.3. The Morgan fingerprint density at radius 2 is 1.82 bits per heavy atom. The van der Waals surface area contributed by atoms with Crippen LogP contribution in [0.15, 0.2) is 82.4 Å². The Morgan fingerprint density at radius 3 is 2.57 bits per heavy atom. The predicted molar refractivity (Wildman–Crippen MR) is 116 cm³/mol. The lowest BCUT2D eigenvalue weighted by Gasteiger charge is -2.46. The van der Waals surface area contributed by atoms with Gasteiger partial charge < -0.3 is 4.74 Å². The van der Waals surface area contributed by atoms with E-state index in [1.807, 2.05) is 42.5 Å². The van der Waals surface area contributed by atoms with Gasteiger partial charge in [0.15, 0.2) is 0 Å². The molecule has 2 atom stereocenters. The Balaban J connectivity index is 1.66. The summed E-state index contributed by atoms with van der Waals surface area (Å²) in [6, 6.07) is 24.5. The summed E-state index contributed by atoms with van der Waals surface area (Å²) in [5.74, 6) is 0.895. The van der Waals surface area contributed by atoms with Gasteiger partial charge in [-0.15, -0.1) is 0 Å². The van der Waals surface area contributed by atoms with Crippen LogP contribution >= 0.6 is 27.5 Å². The van der Waals surface area contributed by atoms with Crippen molar-refractivity contribution >= 4 is 33.2 Å². The van der Waals surface area contributed by atoms with Crippen LogP contribution in [0.25, 0.3) is 0 Å². The molecule has 0 saturated carbocycles. The first kappa shape index (κ1) is 17.8. The highest BCUT2D eigenvalue weighted by Gasteiger charge is 2.48. The van der Waals surface area contributed by atoms with Crippen LogP contribution in [0.3, 0.4) is 0 Å². The second kappa shape index (κ2) is 6.64. The predicted octanol–water partition coefficient (Wildman–Crippen LogP) is 6.52. The maximum Gasteiger partial charge on any atom is 0.221 e. The molecule has 0 aromatic heterocycles. The molecule has 140 valence electrons. The summed E-state index contributed by atoms with van der Waals surface area (Å²) in [5, 5.41) is 7.85. The largest absolute Gasteiger partial charge is 0.462 e. The molecule has 2 aliphatic rings. The fourth-order valence-electron chi connectivity index (χ4n) is 4.03. The van der Waals surface area contributed by atoms with E-state index in [0.29, 0.717) is 5.02 Å². The molecule has 0 N–H and O–H groups in total. The molecule has 28 heavy (non-hydrogen) atoms. The van der Waals surface area contributed by atoms with Crippen LogP contribution in [0.1, 0.15) is 36.1 Å². The highest BCUT2D eigenvalue weighted by molar-refractivity contribution is 9.10. The van der Waals surface area contributed by atoms with Crippen LogP contribution in [0, 0.1) is 0 Å². The zero-order valence-corrected chi connectivity index (χ0v) is 17.6. The maximum atomic E-state index is 6.55. The Bertz CT molecular complexity index is 1070. The molecule has 0 saturated heterocycles. The Labute approximate surface area is 177 Å². The average molecular weight is 454 g/mol. The number of rotatable bonds is 2. The van der Waals surface area contributed by atoms with E-state index in [1.165, 1.54) is 0 Å². The van der Waals surface area contributed by atoms with Gasteiger partial charge in [0.1, 0.15) is 5.75 Å². The standard InChI is InChI=1S/C23H18BrClN2O/c1-23(16-7-10-18(25)11-8-16)27-21(19-13-17(24)9-12-22(19)28-23)14-20(26-27)15-5-3-2-4-6-15/h2-13,21H,14H2,1H3/t21-,23-/m1/s1. The topological polar surface area (TPSA) is 24.8 Å². The lowest BCUT2D eigenvalue weighted by Crippen LogP contribution is -2.48. The number of nitrogens with zero attached hydrogens (tertiary/aromatic N) is 2. The van der Waals surface area contributed by atoms with Gasteiger partial charge in [0.2, 0.25) is 5.72 Å². The Morgan fingerprint density at radius 1 is 1.07 bits per heavy atom. The number of ether oxygens (including phenoxy) is 1. The van der Waals surface area contributed by atoms with Gasteiger partial charge in [0, 0.05) is 34.0 Å². The van der Waals surface area contributed by atoms with E-state index in [-0.39, 0.29) is 6.04 Å². The molecular weight excluding hydrogens is 436 g/mol. The second-order valence-corrected chi connectivity index (χ2v) is 8.60. The van der Waals surface area contributed by atoms with Gasteiger partial charge in [-0.3, -0.25) is 0 Å². The van der Waals surface area contributed by atoms with Crippen molar-refractivity contribution in [2.45, 2.75) is 25.1 Å². The summed E-state index contributed by atoms with van der Waals surface area (Å²) < 4.78 is 7.59. The number of fused-ring (bicyclic) bond motifs is 3. The van der Waals surface area contributed by atoms with E-state index in [4.69, 9.17) is 21.4 Å². The molecule has 5 rings (SSSR count). The van der Waals surface area contributed by atoms with Crippen molar-refractivity contribution in [3.63, 3.8) is 0 Å². The summed E-state index contributed by atoms with van der Waals surface area (Å²) in [7, 11) is 0.